The Morgan fingerprint density at radius 2 is 1.82 bits per heavy atom. The molecule has 2 aromatic carbocycles. The van der Waals surface area contributed by atoms with Crippen LogP contribution in [0.2, 0.25) is 0 Å². The monoisotopic (exact) mass is 533 g/mol. The number of esters is 1. The maximum Gasteiger partial charge on any atom is 0.411 e. The van der Waals surface area contributed by atoms with E-state index in [0.717, 1.165) is 34.5 Å². The van der Waals surface area contributed by atoms with E-state index in [-0.39, 0.29) is 25.0 Å². The van der Waals surface area contributed by atoms with Gasteiger partial charge in [-0.2, -0.15) is 0 Å². The van der Waals surface area contributed by atoms with Gasteiger partial charge < -0.3 is 14.2 Å². The molecule has 0 aromatic heterocycles. The number of fused-ring (bicyclic) bond motifs is 1. The van der Waals surface area contributed by atoms with Crippen LogP contribution >= 0.6 is 15.9 Å². The number of hydrogen-bond acceptors (Lipinski definition) is 6. The number of amides is 1. The number of ether oxygens (including phenoxy) is 3. The second-order valence-corrected chi connectivity index (χ2v) is 10.4. The van der Waals surface area contributed by atoms with Crippen LogP contribution in [0.3, 0.4) is 0 Å². The van der Waals surface area contributed by atoms with Crippen LogP contribution in [0.4, 0.5) is 4.79 Å². The van der Waals surface area contributed by atoms with Crippen molar-refractivity contribution in [2.24, 2.45) is 0 Å². The fourth-order valence-electron chi connectivity index (χ4n) is 3.75. The Labute approximate surface area is 208 Å². The normalized spacial score (nSPS) is 18.6. The van der Waals surface area contributed by atoms with Crippen LogP contribution in [-0.4, -0.2) is 60.3 Å². The molecule has 1 fully saturated rings. The van der Waals surface area contributed by atoms with E-state index in [0.29, 0.717) is 5.56 Å². The molecule has 184 valence electrons. The number of hydrogen-bond donors (Lipinski definition) is 0. The minimum absolute atomic E-state index is 0.00546. The Balaban J connectivity index is 1.66. The lowest BCUT2D eigenvalue weighted by Gasteiger charge is -2.38. The van der Waals surface area contributed by atoms with Gasteiger partial charge in [0.25, 0.3) is 0 Å². The number of morpholine rings is 1. The fourth-order valence-corrected chi connectivity index (χ4v) is 4.13. The summed E-state index contributed by atoms with van der Waals surface area (Å²) in [5.41, 5.74) is -0.254. The smallest absolute Gasteiger partial charge is 0.411 e. The molecule has 7 nitrogen and oxygen atoms in total. The highest BCUT2D eigenvalue weighted by Crippen LogP contribution is 2.23. The van der Waals surface area contributed by atoms with Crippen molar-refractivity contribution in [1.82, 2.24) is 4.90 Å². The molecule has 1 amide bonds. The molecule has 0 aliphatic carbocycles. The number of Topliss-reactive ketones (excluding diaryl/α,β-unsaturated/α-hetero) is 1. The van der Waals surface area contributed by atoms with Gasteiger partial charge in [0, 0.05) is 10.0 Å². The molecule has 0 spiro atoms. The summed E-state index contributed by atoms with van der Waals surface area (Å²) in [6.07, 6.45) is 1.99. The largest absolute Gasteiger partial charge is 0.456 e. The molecule has 34 heavy (non-hydrogen) atoms. The number of nitrogens with zero attached hydrogens (tertiary/aromatic N) is 1. The summed E-state index contributed by atoms with van der Waals surface area (Å²) in [6.45, 7) is 7.23. The number of rotatable bonds is 7. The Hall–Kier alpha value is -2.45. The molecule has 1 saturated heterocycles. The molecular weight excluding hydrogens is 502 g/mol. The van der Waals surface area contributed by atoms with Gasteiger partial charge in [0.2, 0.25) is 0 Å². The van der Waals surface area contributed by atoms with Gasteiger partial charge in [-0.25, -0.2) is 9.59 Å². The predicted octanol–water partition coefficient (Wildman–Crippen LogP) is 5.52. The summed E-state index contributed by atoms with van der Waals surface area (Å²) in [6, 6.07) is 10.1. The summed E-state index contributed by atoms with van der Waals surface area (Å²) in [7, 11) is 0. The van der Waals surface area contributed by atoms with Crippen LogP contribution in [-0.2, 0) is 19.0 Å². The average molecular weight is 534 g/mol. The van der Waals surface area contributed by atoms with E-state index in [1.54, 1.807) is 32.9 Å². The first-order chi connectivity index (χ1) is 16.1. The van der Waals surface area contributed by atoms with Crippen LogP contribution in [0, 0.1) is 0 Å². The summed E-state index contributed by atoms with van der Waals surface area (Å²) >= 11 is 3.43. The molecule has 2 aromatic rings. The molecule has 2 atom stereocenters. The summed E-state index contributed by atoms with van der Waals surface area (Å²) in [5, 5.41) is 1.91. The second kappa shape index (κ2) is 11.3. The van der Waals surface area contributed by atoms with Crippen molar-refractivity contribution in [3.63, 3.8) is 0 Å². The van der Waals surface area contributed by atoms with Gasteiger partial charge in [-0.05, 0) is 56.2 Å². The lowest BCUT2D eigenvalue weighted by molar-refractivity contribution is -0.158. The standard InChI is InChI=1S/C26H32BrNO6/c1-5-6-7-21-14-28(25(31)34-26(2,3)4)22(15-32-21)24(30)33-16-23(29)19-9-8-18-13-20(27)11-10-17(18)12-19/h8-13,21-22H,5-7,14-16H2,1-4H3. The number of carbonyl (C=O) groups excluding carboxylic acids is 3. The van der Waals surface area contributed by atoms with E-state index in [9.17, 15) is 14.4 Å². The minimum atomic E-state index is -0.963. The Morgan fingerprint density at radius 1 is 1.12 bits per heavy atom. The van der Waals surface area contributed by atoms with E-state index in [2.05, 4.69) is 22.9 Å². The van der Waals surface area contributed by atoms with Crippen LogP contribution < -0.4 is 0 Å². The second-order valence-electron chi connectivity index (χ2n) is 9.48. The Morgan fingerprint density at radius 3 is 2.53 bits per heavy atom. The first-order valence-electron chi connectivity index (χ1n) is 11.6. The van der Waals surface area contributed by atoms with Crippen LogP contribution in [0.1, 0.15) is 57.3 Å². The molecule has 8 heteroatoms. The van der Waals surface area contributed by atoms with Crippen molar-refractivity contribution in [2.45, 2.75) is 64.7 Å². The molecule has 1 heterocycles. The molecule has 1 aliphatic rings. The van der Waals surface area contributed by atoms with E-state index in [1.165, 1.54) is 4.90 Å². The zero-order chi connectivity index (χ0) is 24.9. The van der Waals surface area contributed by atoms with Gasteiger partial charge in [0.1, 0.15) is 5.60 Å². The van der Waals surface area contributed by atoms with Crippen molar-refractivity contribution in [2.75, 3.05) is 19.8 Å². The highest BCUT2D eigenvalue weighted by Gasteiger charge is 2.39. The topological polar surface area (TPSA) is 82.1 Å². The predicted molar refractivity (Wildman–Crippen MR) is 133 cm³/mol. The van der Waals surface area contributed by atoms with Crippen LogP contribution in [0.25, 0.3) is 10.8 Å². The van der Waals surface area contributed by atoms with E-state index < -0.39 is 30.3 Å². The third kappa shape index (κ3) is 7.03. The molecule has 0 bridgehead atoms. The lowest BCUT2D eigenvalue weighted by Crippen LogP contribution is -2.57. The molecule has 3 rings (SSSR count). The van der Waals surface area contributed by atoms with Gasteiger partial charge >= 0.3 is 12.1 Å². The average Bonchev–Trinajstić information content (AvgIpc) is 2.79. The van der Waals surface area contributed by atoms with Gasteiger partial charge in [0.15, 0.2) is 18.4 Å². The van der Waals surface area contributed by atoms with Crippen molar-refractivity contribution in [3.05, 3.63) is 46.4 Å². The Kier molecular flexibility index (Phi) is 8.71. The number of carbonyl (C=O) groups is 3. The van der Waals surface area contributed by atoms with E-state index >= 15 is 0 Å². The third-order valence-electron chi connectivity index (χ3n) is 5.52. The SMILES string of the molecule is CCCCC1CN(C(=O)OC(C)(C)C)C(C(=O)OCC(=O)c2ccc3cc(Br)ccc3c2)CO1. The number of halogens is 1. The van der Waals surface area contributed by atoms with Crippen molar-refractivity contribution in [3.8, 4) is 0 Å². The van der Waals surface area contributed by atoms with Gasteiger partial charge in [-0.3, -0.25) is 9.69 Å². The van der Waals surface area contributed by atoms with Crippen LogP contribution in [0.15, 0.2) is 40.9 Å². The molecule has 0 N–H and O–H groups in total. The molecule has 0 radical (unpaired) electrons. The number of ketones is 1. The van der Waals surface area contributed by atoms with Crippen molar-refractivity contribution >= 4 is 44.5 Å². The lowest BCUT2D eigenvalue weighted by atomic mass is 10.0. The summed E-state index contributed by atoms with van der Waals surface area (Å²) in [5.74, 6) is -1.00. The van der Waals surface area contributed by atoms with Crippen molar-refractivity contribution < 1.29 is 28.6 Å². The zero-order valence-corrected chi connectivity index (χ0v) is 21.7. The first-order valence-corrected chi connectivity index (χ1v) is 12.4. The van der Waals surface area contributed by atoms with Gasteiger partial charge in [-0.1, -0.05) is 53.9 Å². The highest BCUT2D eigenvalue weighted by molar-refractivity contribution is 9.10. The summed E-state index contributed by atoms with van der Waals surface area (Å²) in [4.78, 5) is 39.8. The third-order valence-corrected chi connectivity index (χ3v) is 6.01. The van der Waals surface area contributed by atoms with Gasteiger partial charge in [0.05, 0.1) is 19.3 Å². The van der Waals surface area contributed by atoms with Gasteiger partial charge in [-0.15, -0.1) is 0 Å². The maximum atomic E-state index is 12.9. The molecule has 0 saturated carbocycles. The maximum absolute atomic E-state index is 12.9. The number of unbranched alkanes of at least 4 members (excludes halogenated alkanes) is 1. The fraction of sp³-hybridized carbons (Fsp3) is 0.500. The summed E-state index contributed by atoms with van der Waals surface area (Å²) < 4.78 is 17.6. The van der Waals surface area contributed by atoms with E-state index in [1.807, 2.05) is 24.3 Å². The molecular formula is C26H32BrNO6. The highest BCUT2D eigenvalue weighted by atomic mass is 79.9. The van der Waals surface area contributed by atoms with Crippen LogP contribution in [0.5, 0.6) is 0 Å². The zero-order valence-electron chi connectivity index (χ0n) is 20.1. The molecule has 1 aliphatic heterocycles. The molecule has 2 unspecified atom stereocenters. The first kappa shape index (κ1) is 26.2. The van der Waals surface area contributed by atoms with Crippen molar-refractivity contribution in [1.29, 1.82) is 0 Å². The Bertz CT molecular complexity index is 1050. The number of benzene rings is 2. The van der Waals surface area contributed by atoms with E-state index in [4.69, 9.17) is 14.2 Å². The quantitative estimate of drug-likeness (QED) is 0.344. The minimum Gasteiger partial charge on any atom is -0.456 e.